The molecule has 2 heterocycles. The van der Waals surface area contributed by atoms with Crippen molar-refractivity contribution in [1.29, 1.82) is 0 Å². The molecule has 3 rings (SSSR count). The molecule has 0 saturated carbocycles. The summed E-state index contributed by atoms with van der Waals surface area (Å²) in [6, 6.07) is 4.41. The second-order valence-electron chi connectivity index (χ2n) is 6.07. The molecule has 0 bridgehead atoms. The number of nitrogens with one attached hydrogen (secondary N) is 1. The van der Waals surface area contributed by atoms with Crippen molar-refractivity contribution >= 4 is 18.3 Å². The van der Waals surface area contributed by atoms with Crippen LogP contribution in [-0.2, 0) is 0 Å². The van der Waals surface area contributed by atoms with Crippen molar-refractivity contribution in [2.24, 2.45) is 5.41 Å². The van der Waals surface area contributed by atoms with Gasteiger partial charge >= 0.3 is 0 Å². The third-order valence-electron chi connectivity index (χ3n) is 4.84. The van der Waals surface area contributed by atoms with Crippen LogP contribution in [0.15, 0.2) is 18.2 Å². The Bertz CT molecular complexity index is 537. The first-order valence-electron chi connectivity index (χ1n) is 7.47. The zero-order valence-corrected chi connectivity index (χ0v) is 13.5. The molecule has 1 aromatic carbocycles. The van der Waals surface area contributed by atoms with Crippen molar-refractivity contribution in [1.82, 2.24) is 10.2 Å². The van der Waals surface area contributed by atoms with Crippen LogP contribution in [0.5, 0.6) is 5.75 Å². The van der Waals surface area contributed by atoms with E-state index in [0.29, 0.717) is 11.0 Å². The van der Waals surface area contributed by atoms with E-state index in [-0.39, 0.29) is 24.1 Å². The van der Waals surface area contributed by atoms with E-state index in [2.05, 4.69) is 5.32 Å². The molecule has 1 aromatic rings. The van der Waals surface area contributed by atoms with E-state index in [0.717, 1.165) is 39.0 Å². The Morgan fingerprint density at radius 2 is 2.05 bits per heavy atom. The quantitative estimate of drug-likeness (QED) is 0.907. The molecule has 2 saturated heterocycles. The first-order chi connectivity index (χ1) is 10.1. The van der Waals surface area contributed by atoms with Gasteiger partial charge in [-0.2, -0.15) is 0 Å². The van der Waals surface area contributed by atoms with Crippen molar-refractivity contribution in [3.05, 3.63) is 29.6 Å². The van der Waals surface area contributed by atoms with Gasteiger partial charge in [-0.1, -0.05) is 0 Å². The summed E-state index contributed by atoms with van der Waals surface area (Å²) in [5.74, 6) is -0.407. The molecule has 0 unspecified atom stereocenters. The lowest BCUT2D eigenvalue weighted by Crippen LogP contribution is -2.44. The first kappa shape index (κ1) is 17.0. The lowest BCUT2D eigenvalue weighted by atomic mass is 9.78. The number of halogens is 2. The molecule has 122 valence electrons. The molecular formula is C16H22ClFN2O2. The standard InChI is InChI=1S/C16H21FN2O2.ClH/c1-21-14-3-2-12(10-13(14)17)15(20)19-8-5-16(6-9-19)4-7-18-11-16;/h2-3,10,18H,4-9,11H2,1H3;1H. The minimum absolute atomic E-state index is 0. The van der Waals surface area contributed by atoms with Gasteiger partial charge in [0, 0.05) is 25.2 Å². The highest BCUT2D eigenvalue weighted by atomic mass is 35.5. The maximum atomic E-state index is 13.7. The predicted octanol–water partition coefficient (Wildman–Crippen LogP) is 2.47. The molecule has 1 N–H and O–H groups in total. The Balaban J connectivity index is 0.00000176. The fourth-order valence-corrected chi connectivity index (χ4v) is 3.39. The van der Waals surface area contributed by atoms with Gasteiger partial charge in [0.1, 0.15) is 0 Å². The average Bonchev–Trinajstić information content (AvgIpc) is 2.95. The Hall–Kier alpha value is -1.33. The smallest absolute Gasteiger partial charge is 0.253 e. The van der Waals surface area contributed by atoms with E-state index in [1.807, 2.05) is 4.90 Å². The van der Waals surface area contributed by atoms with Crippen LogP contribution in [0.25, 0.3) is 0 Å². The molecule has 4 nitrogen and oxygen atoms in total. The SMILES string of the molecule is COc1ccc(C(=O)N2CCC3(CCNC3)CC2)cc1F.Cl. The molecule has 2 aliphatic rings. The maximum Gasteiger partial charge on any atom is 0.253 e. The molecule has 2 aliphatic heterocycles. The lowest BCUT2D eigenvalue weighted by molar-refractivity contribution is 0.0607. The average molecular weight is 329 g/mol. The van der Waals surface area contributed by atoms with E-state index in [1.54, 1.807) is 6.07 Å². The second-order valence-corrected chi connectivity index (χ2v) is 6.07. The number of amides is 1. The predicted molar refractivity (Wildman–Crippen MR) is 85.3 cm³/mol. The topological polar surface area (TPSA) is 41.6 Å². The summed E-state index contributed by atoms with van der Waals surface area (Å²) in [6.45, 7) is 3.66. The fourth-order valence-electron chi connectivity index (χ4n) is 3.39. The molecule has 22 heavy (non-hydrogen) atoms. The molecule has 6 heteroatoms. The zero-order valence-electron chi connectivity index (χ0n) is 12.7. The monoisotopic (exact) mass is 328 g/mol. The van der Waals surface area contributed by atoms with Crippen LogP contribution in [0.4, 0.5) is 4.39 Å². The highest BCUT2D eigenvalue weighted by Gasteiger charge is 2.38. The summed E-state index contributed by atoms with van der Waals surface area (Å²) in [4.78, 5) is 14.3. The Labute approximate surface area is 136 Å². The maximum absolute atomic E-state index is 13.7. The largest absolute Gasteiger partial charge is 0.494 e. The number of carbonyl (C=O) groups excluding carboxylic acids is 1. The van der Waals surface area contributed by atoms with E-state index < -0.39 is 5.82 Å². The summed E-state index contributed by atoms with van der Waals surface area (Å²) in [6.07, 6.45) is 3.26. The van der Waals surface area contributed by atoms with E-state index in [4.69, 9.17) is 4.74 Å². The lowest BCUT2D eigenvalue weighted by Gasteiger charge is -2.38. The highest BCUT2D eigenvalue weighted by Crippen LogP contribution is 2.37. The van der Waals surface area contributed by atoms with Crippen LogP contribution >= 0.6 is 12.4 Å². The van der Waals surface area contributed by atoms with Gasteiger partial charge in [0.15, 0.2) is 11.6 Å². The molecule has 0 radical (unpaired) electrons. The molecule has 0 aliphatic carbocycles. The Morgan fingerprint density at radius 3 is 2.59 bits per heavy atom. The molecule has 2 fully saturated rings. The summed E-state index contributed by atoms with van der Waals surface area (Å²) in [5.41, 5.74) is 0.774. The van der Waals surface area contributed by atoms with Crippen LogP contribution in [0.2, 0.25) is 0 Å². The zero-order chi connectivity index (χ0) is 14.9. The number of likely N-dealkylation sites (tertiary alicyclic amines) is 1. The minimum atomic E-state index is -0.489. The molecule has 0 aromatic heterocycles. The number of carbonyl (C=O) groups is 1. The van der Waals surface area contributed by atoms with Gasteiger partial charge in [-0.05, 0) is 49.4 Å². The van der Waals surface area contributed by atoms with Gasteiger partial charge in [0.05, 0.1) is 7.11 Å². The Morgan fingerprint density at radius 1 is 1.32 bits per heavy atom. The van der Waals surface area contributed by atoms with Crippen molar-refractivity contribution in [3.8, 4) is 5.75 Å². The molecule has 1 spiro atoms. The number of methoxy groups -OCH3 is 1. The van der Waals surface area contributed by atoms with Crippen LogP contribution in [0, 0.1) is 11.2 Å². The van der Waals surface area contributed by atoms with Crippen LogP contribution in [0.3, 0.4) is 0 Å². The van der Waals surface area contributed by atoms with Gasteiger partial charge in [0.25, 0.3) is 5.91 Å². The number of nitrogens with zero attached hydrogens (tertiary/aromatic N) is 1. The van der Waals surface area contributed by atoms with Gasteiger partial charge in [-0.15, -0.1) is 12.4 Å². The molecule has 0 atom stereocenters. The van der Waals surface area contributed by atoms with Gasteiger partial charge in [0.2, 0.25) is 0 Å². The third-order valence-corrected chi connectivity index (χ3v) is 4.84. The fraction of sp³-hybridized carbons (Fsp3) is 0.562. The molecular weight excluding hydrogens is 307 g/mol. The minimum Gasteiger partial charge on any atom is -0.494 e. The summed E-state index contributed by atoms with van der Waals surface area (Å²) in [7, 11) is 1.42. The number of benzene rings is 1. The number of ether oxygens (including phenoxy) is 1. The summed E-state index contributed by atoms with van der Waals surface area (Å²) in [5, 5.41) is 3.41. The van der Waals surface area contributed by atoms with Crippen molar-refractivity contribution in [3.63, 3.8) is 0 Å². The van der Waals surface area contributed by atoms with E-state index >= 15 is 0 Å². The van der Waals surface area contributed by atoms with Crippen LogP contribution in [-0.4, -0.2) is 44.1 Å². The van der Waals surface area contributed by atoms with Crippen LogP contribution in [0.1, 0.15) is 29.6 Å². The normalized spacial score (nSPS) is 19.8. The highest BCUT2D eigenvalue weighted by molar-refractivity contribution is 5.94. The van der Waals surface area contributed by atoms with Crippen LogP contribution < -0.4 is 10.1 Å². The van der Waals surface area contributed by atoms with E-state index in [9.17, 15) is 9.18 Å². The van der Waals surface area contributed by atoms with Crippen molar-refractivity contribution in [2.75, 3.05) is 33.3 Å². The number of hydrogen-bond acceptors (Lipinski definition) is 3. The summed E-state index contributed by atoms with van der Waals surface area (Å²) >= 11 is 0. The Kier molecular flexibility index (Phi) is 5.29. The van der Waals surface area contributed by atoms with Crippen molar-refractivity contribution in [2.45, 2.75) is 19.3 Å². The first-order valence-corrected chi connectivity index (χ1v) is 7.47. The number of hydrogen-bond donors (Lipinski definition) is 1. The number of piperidine rings is 1. The van der Waals surface area contributed by atoms with Gasteiger partial charge in [-0.3, -0.25) is 4.79 Å². The van der Waals surface area contributed by atoms with Crippen molar-refractivity contribution < 1.29 is 13.9 Å². The number of rotatable bonds is 2. The van der Waals surface area contributed by atoms with Gasteiger partial charge < -0.3 is 15.0 Å². The third kappa shape index (κ3) is 3.20. The van der Waals surface area contributed by atoms with E-state index in [1.165, 1.54) is 25.7 Å². The summed E-state index contributed by atoms with van der Waals surface area (Å²) < 4.78 is 18.6. The van der Waals surface area contributed by atoms with Gasteiger partial charge in [-0.25, -0.2) is 4.39 Å². The second kappa shape index (κ2) is 6.84. The molecule has 1 amide bonds.